The number of benzene rings is 8. The minimum Gasteiger partial charge on any atom is -0.310 e. The Kier molecular flexibility index (Phi) is 8.15. The second-order valence-electron chi connectivity index (χ2n) is 14.8. The molecular weight excluding hydrogens is 703 g/mol. The maximum Gasteiger partial charge on any atom is 0.0625 e. The average molecular weight is 740 g/mol. The van der Waals surface area contributed by atoms with Crippen molar-refractivity contribution in [2.75, 3.05) is 4.90 Å². The van der Waals surface area contributed by atoms with E-state index in [1.54, 1.807) is 0 Å². The van der Waals surface area contributed by atoms with E-state index in [9.17, 15) is 0 Å². The van der Waals surface area contributed by atoms with Gasteiger partial charge < -0.3 is 9.30 Å². The predicted molar refractivity (Wildman–Crippen MR) is 244 cm³/mol. The summed E-state index contributed by atoms with van der Waals surface area (Å²) in [6, 6.07) is 76.7. The number of hydrogen-bond acceptors (Lipinski definition) is 2. The Morgan fingerprint density at radius 3 is 1.52 bits per heavy atom. The molecule has 0 radical (unpaired) electrons. The molecule has 0 fully saturated rings. The number of fused-ring (bicyclic) bond motifs is 8. The molecule has 272 valence electrons. The number of hydrogen-bond donors (Lipinski definition) is 0. The van der Waals surface area contributed by atoms with Crippen LogP contribution in [-0.4, -0.2) is 9.38 Å². The van der Waals surface area contributed by atoms with Gasteiger partial charge in [-0.05, 0) is 98.9 Å². The lowest BCUT2D eigenvalue weighted by Gasteiger charge is -2.26. The summed E-state index contributed by atoms with van der Waals surface area (Å²) in [6.07, 6.45) is 3.70. The highest BCUT2D eigenvalue weighted by Crippen LogP contribution is 2.43. The molecule has 0 N–H and O–H groups in total. The van der Waals surface area contributed by atoms with Gasteiger partial charge in [-0.3, -0.25) is 4.98 Å². The second-order valence-corrected chi connectivity index (χ2v) is 14.8. The summed E-state index contributed by atoms with van der Waals surface area (Å²) < 4.78 is 2.47. The smallest absolute Gasteiger partial charge is 0.0625 e. The van der Waals surface area contributed by atoms with Crippen LogP contribution >= 0.6 is 0 Å². The molecule has 3 aromatic heterocycles. The number of para-hydroxylation sites is 2. The Balaban J connectivity index is 0.985. The Bertz CT molecular complexity index is 3240. The van der Waals surface area contributed by atoms with Crippen LogP contribution in [0.25, 0.3) is 82.6 Å². The maximum atomic E-state index is 4.31. The molecule has 11 aromatic rings. The predicted octanol–water partition coefficient (Wildman–Crippen LogP) is 14.9. The molecule has 58 heavy (non-hydrogen) atoms. The fourth-order valence-corrected chi connectivity index (χ4v) is 8.75. The van der Waals surface area contributed by atoms with Crippen molar-refractivity contribution < 1.29 is 0 Å². The molecule has 0 aliphatic carbocycles. The Morgan fingerprint density at radius 1 is 0.310 bits per heavy atom. The van der Waals surface area contributed by atoms with E-state index in [4.69, 9.17) is 0 Å². The Labute approximate surface area is 337 Å². The molecule has 3 nitrogen and oxygen atoms in total. The van der Waals surface area contributed by atoms with Crippen LogP contribution in [0.2, 0.25) is 0 Å². The van der Waals surface area contributed by atoms with Gasteiger partial charge in [0, 0.05) is 51.2 Å². The largest absolute Gasteiger partial charge is 0.310 e. The molecule has 0 saturated heterocycles. The molecule has 0 atom stereocenters. The van der Waals surface area contributed by atoms with Crippen LogP contribution in [0.3, 0.4) is 0 Å². The van der Waals surface area contributed by atoms with Crippen molar-refractivity contribution in [2.24, 2.45) is 0 Å². The number of rotatable bonds is 7. The summed E-state index contributed by atoms with van der Waals surface area (Å²) >= 11 is 0. The summed E-state index contributed by atoms with van der Waals surface area (Å²) in [4.78, 5) is 6.60. The molecule has 3 heteroatoms. The number of pyridine rings is 2. The third-order valence-corrected chi connectivity index (χ3v) is 11.5. The fraction of sp³-hybridized carbons (Fsp3) is 0. The van der Waals surface area contributed by atoms with Crippen LogP contribution in [0.4, 0.5) is 17.1 Å². The summed E-state index contributed by atoms with van der Waals surface area (Å²) in [5.41, 5.74) is 16.5. The first-order valence-corrected chi connectivity index (χ1v) is 19.8. The molecule has 0 aliphatic rings. The molecule has 0 amide bonds. The van der Waals surface area contributed by atoms with Crippen molar-refractivity contribution in [1.29, 1.82) is 0 Å². The van der Waals surface area contributed by atoms with Gasteiger partial charge in [0.15, 0.2) is 0 Å². The van der Waals surface area contributed by atoms with Crippen molar-refractivity contribution in [3.8, 4) is 44.5 Å². The van der Waals surface area contributed by atoms with Crippen LogP contribution in [0.1, 0.15) is 0 Å². The quantitative estimate of drug-likeness (QED) is 0.152. The first-order chi connectivity index (χ1) is 28.8. The molecule has 0 spiro atoms. The van der Waals surface area contributed by atoms with E-state index in [1.165, 1.54) is 77.0 Å². The fourth-order valence-electron chi connectivity index (χ4n) is 8.75. The highest BCUT2D eigenvalue weighted by Gasteiger charge is 2.20. The van der Waals surface area contributed by atoms with E-state index < -0.39 is 0 Å². The molecule has 0 bridgehead atoms. The average Bonchev–Trinajstić information content (AvgIpc) is 3.66. The third kappa shape index (κ3) is 5.72. The first-order valence-electron chi connectivity index (χ1n) is 19.8. The molecule has 0 saturated carbocycles. The SMILES string of the molecule is c1ccc(-c2ccc(N(c3ccncc3)c3cccc(-c4ccc(-c5ccc6c(c5)c5ccccc5n5c7ccccc7c(-c7ccccc7)c65)cc4)c3)cc2)cc1. The summed E-state index contributed by atoms with van der Waals surface area (Å²) in [5.74, 6) is 0. The van der Waals surface area contributed by atoms with E-state index in [0.29, 0.717) is 0 Å². The van der Waals surface area contributed by atoms with Gasteiger partial charge in [-0.15, -0.1) is 0 Å². The van der Waals surface area contributed by atoms with E-state index in [1.807, 2.05) is 12.4 Å². The topological polar surface area (TPSA) is 20.5 Å². The van der Waals surface area contributed by atoms with Crippen LogP contribution in [-0.2, 0) is 0 Å². The van der Waals surface area contributed by atoms with Crippen LogP contribution < -0.4 is 4.90 Å². The van der Waals surface area contributed by atoms with Crippen molar-refractivity contribution >= 4 is 55.2 Å². The highest BCUT2D eigenvalue weighted by atomic mass is 15.1. The monoisotopic (exact) mass is 739 g/mol. The minimum absolute atomic E-state index is 1.06. The van der Waals surface area contributed by atoms with Gasteiger partial charge in [0.1, 0.15) is 0 Å². The highest BCUT2D eigenvalue weighted by molar-refractivity contribution is 6.22. The van der Waals surface area contributed by atoms with Gasteiger partial charge in [-0.1, -0.05) is 158 Å². The summed E-state index contributed by atoms with van der Waals surface area (Å²) in [5, 5.41) is 5.01. The molecular formula is C55H37N3. The van der Waals surface area contributed by atoms with Crippen LogP contribution in [0.15, 0.2) is 225 Å². The standard InChI is InChI=1S/C55H37N3/c1-3-12-38(13-4-1)39-26-29-45(30-27-39)57(46-32-34-56-35-33-46)47-17-11-16-43(36-47)40-22-24-41(25-23-40)44-28-31-49-51(37-44)48-18-7-9-20-52(48)58-53-21-10-8-19-50(53)54(55(49)58)42-14-5-2-6-15-42/h1-37H. The van der Waals surface area contributed by atoms with Crippen LogP contribution in [0, 0.1) is 0 Å². The van der Waals surface area contributed by atoms with Gasteiger partial charge >= 0.3 is 0 Å². The summed E-state index contributed by atoms with van der Waals surface area (Å²) in [6.45, 7) is 0. The maximum absolute atomic E-state index is 4.31. The van der Waals surface area contributed by atoms with Crippen LogP contribution in [0.5, 0.6) is 0 Å². The second kappa shape index (κ2) is 14.1. The zero-order valence-electron chi connectivity index (χ0n) is 31.7. The van der Waals surface area contributed by atoms with Gasteiger partial charge in [0.25, 0.3) is 0 Å². The first kappa shape index (κ1) is 33.6. The van der Waals surface area contributed by atoms with Gasteiger partial charge in [0.2, 0.25) is 0 Å². The van der Waals surface area contributed by atoms with Gasteiger partial charge in [-0.25, -0.2) is 0 Å². The van der Waals surface area contributed by atoms with Gasteiger partial charge in [0.05, 0.1) is 16.6 Å². The lowest BCUT2D eigenvalue weighted by Crippen LogP contribution is -2.10. The lowest BCUT2D eigenvalue weighted by molar-refractivity contribution is 1.24. The number of anilines is 3. The van der Waals surface area contributed by atoms with E-state index in [-0.39, 0.29) is 0 Å². The van der Waals surface area contributed by atoms with Gasteiger partial charge in [-0.2, -0.15) is 0 Å². The number of aromatic nitrogens is 2. The van der Waals surface area contributed by atoms with E-state index >= 15 is 0 Å². The molecule has 0 unspecified atom stereocenters. The van der Waals surface area contributed by atoms with Crippen molar-refractivity contribution in [1.82, 2.24) is 9.38 Å². The third-order valence-electron chi connectivity index (χ3n) is 11.5. The summed E-state index contributed by atoms with van der Waals surface area (Å²) in [7, 11) is 0. The minimum atomic E-state index is 1.06. The Morgan fingerprint density at radius 2 is 0.810 bits per heavy atom. The Hall–Kier alpha value is -7.75. The molecule has 3 heterocycles. The number of nitrogens with zero attached hydrogens (tertiary/aromatic N) is 3. The zero-order valence-corrected chi connectivity index (χ0v) is 31.7. The van der Waals surface area contributed by atoms with Crippen molar-refractivity contribution in [3.63, 3.8) is 0 Å². The van der Waals surface area contributed by atoms with Crippen molar-refractivity contribution in [3.05, 3.63) is 225 Å². The molecule has 8 aromatic carbocycles. The lowest BCUT2D eigenvalue weighted by atomic mass is 9.95. The van der Waals surface area contributed by atoms with E-state index in [0.717, 1.165) is 22.6 Å². The van der Waals surface area contributed by atoms with E-state index in [2.05, 4.69) is 227 Å². The molecule has 0 aliphatic heterocycles. The zero-order chi connectivity index (χ0) is 38.4. The van der Waals surface area contributed by atoms with Crippen molar-refractivity contribution in [2.45, 2.75) is 0 Å². The normalized spacial score (nSPS) is 11.4. The molecule has 11 rings (SSSR count).